The Morgan fingerprint density at radius 3 is 2.32 bits per heavy atom. The van der Waals surface area contributed by atoms with E-state index in [2.05, 4.69) is 10.2 Å². The van der Waals surface area contributed by atoms with Gasteiger partial charge in [-0.25, -0.2) is 13.2 Å². The first-order chi connectivity index (χ1) is 16.4. The lowest BCUT2D eigenvalue weighted by atomic mass is 10.1. The first-order valence-corrected chi connectivity index (χ1v) is 10.5. The maximum Gasteiger partial charge on any atom is 0.255 e. The number of halogens is 3. The quantitative estimate of drug-likeness (QED) is 0.615. The molecule has 0 aromatic heterocycles. The van der Waals surface area contributed by atoms with Crippen LogP contribution in [0, 0.1) is 17.5 Å². The summed E-state index contributed by atoms with van der Waals surface area (Å²) in [5, 5.41) is 2.41. The van der Waals surface area contributed by atoms with Gasteiger partial charge in [-0.15, -0.1) is 0 Å². The number of anilines is 2. The summed E-state index contributed by atoms with van der Waals surface area (Å²) >= 11 is 0. The van der Waals surface area contributed by atoms with Crippen LogP contribution < -0.4 is 15.0 Å². The summed E-state index contributed by atoms with van der Waals surface area (Å²) in [6.07, 6.45) is 3.09. The highest BCUT2D eigenvalue weighted by molar-refractivity contribution is 6.05. The van der Waals surface area contributed by atoms with E-state index in [9.17, 15) is 18.0 Å². The minimum atomic E-state index is -1.58. The van der Waals surface area contributed by atoms with Gasteiger partial charge in [0.25, 0.3) is 5.91 Å². The fraction of sp³-hybridized carbons (Fsp3) is 0.375. The molecule has 1 atom stereocenters. The van der Waals surface area contributed by atoms with Crippen molar-refractivity contribution in [3.8, 4) is 5.75 Å². The van der Waals surface area contributed by atoms with Crippen molar-refractivity contribution in [1.29, 1.82) is 0 Å². The van der Waals surface area contributed by atoms with Gasteiger partial charge in [-0.1, -0.05) is 0 Å². The zero-order valence-electron chi connectivity index (χ0n) is 19.2. The Kier molecular flexibility index (Phi) is 12.4. The molecule has 186 valence electrons. The van der Waals surface area contributed by atoms with E-state index in [1.54, 1.807) is 25.3 Å². The molecule has 34 heavy (non-hydrogen) atoms. The zero-order valence-corrected chi connectivity index (χ0v) is 19.2. The molecule has 0 radical (unpaired) electrons. The van der Waals surface area contributed by atoms with Crippen LogP contribution in [0.5, 0.6) is 5.75 Å². The molecule has 0 bridgehead atoms. The number of hydrogen-bond donors (Lipinski definition) is 1. The van der Waals surface area contributed by atoms with Gasteiger partial charge in [0.1, 0.15) is 19.3 Å². The van der Waals surface area contributed by atoms with Crippen molar-refractivity contribution < 1.29 is 37.0 Å². The normalized spacial score (nSPS) is 15.1. The van der Waals surface area contributed by atoms with E-state index in [4.69, 9.17) is 19.1 Å². The zero-order chi connectivity index (χ0) is 25.7. The highest BCUT2D eigenvalue weighted by atomic mass is 19.2. The van der Waals surface area contributed by atoms with Crippen LogP contribution in [0.15, 0.2) is 30.3 Å². The number of rotatable bonds is 6. The van der Waals surface area contributed by atoms with E-state index >= 15 is 0 Å². The van der Waals surface area contributed by atoms with E-state index in [-0.39, 0.29) is 17.4 Å². The lowest BCUT2D eigenvalue weighted by Crippen LogP contribution is -2.33. The van der Waals surface area contributed by atoms with Crippen LogP contribution in [-0.4, -0.2) is 52.4 Å². The Morgan fingerprint density at radius 2 is 1.74 bits per heavy atom. The van der Waals surface area contributed by atoms with Crippen LogP contribution in [-0.2, 0) is 14.3 Å². The van der Waals surface area contributed by atoms with Gasteiger partial charge in [-0.05, 0) is 44.4 Å². The van der Waals surface area contributed by atoms with E-state index in [0.717, 1.165) is 43.6 Å². The molecule has 1 saturated heterocycles. The van der Waals surface area contributed by atoms with Crippen LogP contribution in [0.1, 0.15) is 36.5 Å². The molecule has 3 rings (SSSR count). The van der Waals surface area contributed by atoms with E-state index < -0.39 is 23.4 Å². The molecule has 10 heteroatoms. The first-order valence-electron chi connectivity index (χ1n) is 10.5. The van der Waals surface area contributed by atoms with Crippen molar-refractivity contribution in [1.82, 2.24) is 0 Å². The summed E-state index contributed by atoms with van der Waals surface area (Å²) in [5.41, 5.74) is 0.862. The van der Waals surface area contributed by atoms with Crippen molar-refractivity contribution in [2.24, 2.45) is 0 Å². The van der Waals surface area contributed by atoms with Crippen molar-refractivity contribution in [2.45, 2.75) is 32.3 Å². The van der Waals surface area contributed by atoms with Gasteiger partial charge in [0, 0.05) is 43.1 Å². The Hall–Kier alpha value is -3.40. The molecule has 2 aromatic rings. The first kappa shape index (κ1) is 28.6. The average Bonchev–Trinajstić information content (AvgIpc) is 3.10. The lowest BCUT2D eigenvalue weighted by Gasteiger charge is -2.28. The second kappa shape index (κ2) is 14.7. The second-order valence-electron chi connectivity index (χ2n) is 7.11. The van der Waals surface area contributed by atoms with Crippen LogP contribution >= 0.6 is 0 Å². The summed E-state index contributed by atoms with van der Waals surface area (Å²) in [6, 6.07) is 6.39. The molecule has 1 heterocycles. The number of carbonyl (C=O) groups excluding carboxylic acids is 3. The number of nitrogens with one attached hydrogen (secondary N) is 1. The molecule has 1 aliphatic rings. The number of benzene rings is 2. The largest absolute Gasteiger partial charge is 0.495 e. The van der Waals surface area contributed by atoms with Gasteiger partial charge in [-0.2, -0.15) is 0 Å². The number of methoxy groups -OCH3 is 1. The maximum absolute atomic E-state index is 13.4. The number of ether oxygens (including phenoxy) is 2. The van der Waals surface area contributed by atoms with Crippen molar-refractivity contribution in [3.63, 3.8) is 0 Å². The predicted octanol–water partition coefficient (Wildman–Crippen LogP) is 4.39. The highest BCUT2D eigenvalue weighted by Gasteiger charge is 2.22. The summed E-state index contributed by atoms with van der Waals surface area (Å²) in [6.45, 7) is 8.05. The fourth-order valence-corrected chi connectivity index (χ4v) is 3.60. The van der Waals surface area contributed by atoms with E-state index in [1.807, 2.05) is 20.5 Å². The summed E-state index contributed by atoms with van der Waals surface area (Å²) in [4.78, 5) is 30.8. The number of amides is 1. The monoisotopic (exact) mass is 482 g/mol. The van der Waals surface area contributed by atoms with Crippen molar-refractivity contribution in [3.05, 3.63) is 53.3 Å². The molecule has 0 saturated carbocycles. The molecular formula is C24H29F3N2O5. The molecule has 1 amide bonds. The predicted molar refractivity (Wildman–Crippen MR) is 123 cm³/mol. The molecule has 0 aliphatic carbocycles. The third-order valence-electron chi connectivity index (χ3n) is 5.05. The third-order valence-corrected chi connectivity index (χ3v) is 5.05. The maximum atomic E-state index is 13.4. The molecule has 0 spiro atoms. The average molecular weight is 482 g/mol. The third kappa shape index (κ3) is 7.58. The van der Waals surface area contributed by atoms with Crippen LogP contribution in [0.25, 0.3) is 0 Å². The Morgan fingerprint density at radius 1 is 1.09 bits per heavy atom. The molecule has 1 unspecified atom stereocenters. The van der Waals surface area contributed by atoms with Gasteiger partial charge in [0.05, 0.1) is 18.9 Å². The van der Waals surface area contributed by atoms with Gasteiger partial charge < -0.3 is 29.3 Å². The second-order valence-corrected chi connectivity index (χ2v) is 7.11. The molecule has 1 aliphatic heterocycles. The van der Waals surface area contributed by atoms with Crippen molar-refractivity contribution >= 4 is 30.9 Å². The van der Waals surface area contributed by atoms with Crippen LogP contribution in [0.4, 0.5) is 24.5 Å². The van der Waals surface area contributed by atoms with Crippen molar-refractivity contribution in [2.75, 3.05) is 37.0 Å². The number of carbonyl (C=O) groups is 3. The molecule has 7 nitrogen and oxygen atoms in total. The van der Waals surface area contributed by atoms with Gasteiger partial charge in [0.15, 0.2) is 17.5 Å². The Bertz CT molecular complexity index is 920. The van der Waals surface area contributed by atoms with Crippen LogP contribution in [0.3, 0.4) is 0 Å². The Balaban J connectivity index is 0.00000137. The SMILES string of the molecule is C=O.C=O.CCOC1CCCCN(c2cc(C(=O)Nc3cc(F)c(F)c(F)c3)ccc2OC)C1. The number of nitrogens with zero attached hydrogens (tertiary/aromatic N) is 1. The lowest BCUT2D eigenvalue weighted by molar-refractivity contribution is -0.0987. The summed E-state index contributed by atoms with van der Waals surface area (Å²) < 4.78 is 51.3. The summed E-state index contributed by atoms with van der Waals surface area (Å²) in [7, 11) is 1.56. The van der Waals surface area contributed by atoms with Crippen LogP contribution in [0.2, 0.25) is 0 Å². The van der Waals surface area contributed by atoms with E-state index in [0.29, 0.717) is 18.9 Å². The topological polar surface area (TPSA) is 84.9 Å². The standard InChI is InChI=1S/C22H25F3N2O3.2CH2O/c1-3-30-16-6-4-5-9-27(13-16)19-10-14(7-8-20(19)29-2)22(28)26-15-11-17(23)21(25)18(24)12-15;2*1-2/h7-8,10-12,16H,3-6,9,13H2,1-2H3,(H,26,28);2*1H2. The van der Waals surface area contributed by atoms with Gasteiger partial charge in [-0.3, -0.25) is 4.79 Å². The molecule has 1 N–H and O–H groups in total. The summed E-state index contributed by atoms with van der Waals surface area (Å²) in [5.74, 6) is -4.27. The van der Waals surface area contributed by atoms with Gasteiger partial charge in [0.2, 0.25) is 0 Å². The minimum Gasteiger partial charge on any atom is -0.495 e. The van der Waals surface area contributed by atoms with E-state index in [1.165, 1.54) is 0 Å². The smallest absolute Gasteiger partial charge is 0.255 e. The van der Waals surface area contributed by atoms with Gasteiger partial charge >= 0.3 is 0 Å². The minimum absolute atomic E-state index is 0.0878. The number of hydrogen-bond acceptors (Lipinski definition) is 6. The molecule has 2 aromatic carbocycles. The Labute approximate surface area is 196 Å². The fourth-order valence-electron chi connectivity index (χ4n) is 3.60. The highest BCUT2D eigenvalue weighted by Crippen LogP contribution is 2.32. The molecule has 1 fully saturated rings. The molecular weight excluding hydrogens is 453 g/mol.